The molecule has 1 aliphatic rings. The summed E-state index contributed by atoms with van der Waals surface area (Å²) in [5, 5.41) is 5.66. The number of aromatic nitrogens is 2. The first-order valence-electron chi connectivity index (χ1n) is 7.20. The molecule has 0 spiro atoms. The van der Waals surface area contributed by atoms with Crippen molar-refractivity contribution in [2.75, 3.05) is 0 Å². The van der Waals surface area contributed by atoms with E-state index in [1.807, 2.05) is 6.07 Å². The Labute approximate surface area is 128 Å². The third-order valence-electron chi connectivity index (χ3n) is 3.65. The van der Waals surface area contributed by atoms with Gasteiger partial charge in [-0.05, 0) is 37.1 Å². The van der Waals surface area contributed by atoms with Crippen molar-refractivity contribution < 1.29 is 9.18 Å². The van der Waals surface area contributed by atoms with Crippen LogP contribution in [0.3, 0.4) is 0 Å². The van der Waals surface area contributed by atoms with E-state index < -0.39 is 0 Å². The molecule has 3 rings (SSSR count). The second-order valence-corrected chi connectivity index (χ2v) is 5.43. The lowest BCUT2D eigenvalue weighted by Gasteiger charge is -2.07. The van der Waals surface area contributed by atoms with E-state index in [1.165, 1.54) is 12.1 Å². The highest BCUT2D eigenvalue weighted by Crippen LogP contribution is 2.40. The molecule has 114 valence electrons. The molecule has 5 nitrogen and oxygen atoms in total. The highest BCUT2D eigenvalue weighted by molar-refractivity contribution is 5.74. The normalized spacial score (nSPS) is 19.5. The van der Waals surface area contributed by atoms with E-state index in [9.17, 15) is 9.18 Å². The Bertz CT molecular complexity index is 691. The van der Waals surface area contributed by atoms with Crippen LogP contribution in [-0.2, 0) is 6.54 Å². The number of aryl methyl sites for hydroxylation is 1. The van der Waals surface area contributed by atoms with Gasteiger partial charge in [0.25, 0.3) is 0 Å². The van der Waals surface area contributed by atoms with E-state index in [2.05, 4.69) is 20.6 Å². The molecule has 2 N–H and O–H groups in total. The first kappa shape index (κ1) is 14.4. The van der Waals surface area contributed by atoms with Gasteiger partial charge in [0, 0.05) is 18.2 Å². The summed E-state index contributed by atoms with van der Waals surface area (Å²) < 4.78 is 13.2. The quantitative estimate of drug-likeness (QED) is 0.910. The SMILES string of the molecule is Cc1nccc(CNC(=O)N[C@@H]2C[C@H]2c2cccc(F)c2)n1. The Hall–Kier alpha value is -2.50. The van der Waals surface area contributed by atoms with Gasteiger partial charge in [-0.25, -0.2) is 19.2 Å². The van der Waals surface area contributed by atoms with Gasteiger partial charge < -0.3 is 10.6 Å². The molecule has 1 heterocycles. The molecule has 1 aromatic carbocycles. The maximum absolute atomic E-state index is 13.2. The Morgan fingerprint density at radius 2 is 2.27 bits per heavy atom. The zero-order valence-electron chi connectivity index (χ0n) is 12.2. The van der Waals surface area contributed by atoms with Crippen molar-refractivity contribution in [1.29, 1.82) is 0 Å². The number of hydrogen-bond acceptors (Lipinski definition) is 3. The van der Waals surface area contributed by atoms with Crippen LogP contribution in [0.2, 0.25) is 0 Å². The van der Waals surface area contributed by atoms with Crippen LogP contribution >= 0.6 is 0 Å². The Balaban J connectivity index is 1.47. The van der Waals surface area contributed by atoms with E-state index in [0.717, 1.165) is 17.7 Å². The summed E-state index contributed by atoms with van der Waals surface area (Å²) in [7, 11) is 0. The molecule has 1 aromatic heterocycles. The molecule has 0 radical (unpaired) electrons. The highest BCUT2D eigenvalue weighted by Gasteiger charge is 2.39. The third kappa shape index (κ3) is 3.58. The van der Waals surface area contributed by atoms with Crippen molar-refractivity contribution in [2.24, 2.45) is 0 Å². The van der Waals surface area contributed by atoms with Gasteiger partial charge in [0.05, 0.1) is 12.2 Å². The predicted molar refractivity (Wildman–Crippen MR) is 79.7 cm³/mol. The summed E-state index contributed by atoms with van der Waals surface area (Å²) in [6, 6.07) is 8.11. The largest absolute Gasteiger partial charge is 0.335 e. The highest BCUT2D eigenvalue weighted by atomic mass is 19.1. The summed E-state index contributed by atoms with van der Waals surface area (Å²) in [6.07, 6.45) is 2.50. The molecular formula is C16H17FN4O. The van der Waals surface area contributed by atoms with Gasteiger partial charge in [0.1, 0.15) is 11.6 Å². The van der Waals surface area contributed by atoms with Gasteiger partial charge >= 0.3 is 6.03 Å². The van der Waals surface area contributed by atoms with Crippen molar-refractivity contribution in [2.45, 2.75) is 31.8 Å². The average Bonchev–Trinajstić information content (AvgIpc) is 3.24. The van der Waals surface area contributed by atoms with Gasteiger partial charge in [0.15, 0.2) is 0 Å². The van der Waals surface area contributed by atoms with Crippen LogP contribution in [0.5, 0.6) is 0 Å². The van der Waals surface area contributed by atoms with Crippen molar-refractivity contribution in [3.05, 3.63) is 59.4 Å². The standard InChI is InChI=1S/C16H17FN4O/c1-10-18-6-5-13(20-10)9-19-16(22)21-15-8-14(15)11-3-2-4-12(17)7-11/h2-7,14-15H,8-9H2,1H3,(H2,19,21,22)/t14-,15+/m0/s1. The fraction of sp³-hybridized carbons (Fsp3) is 0.312. The average molecular weight is 300 g/mol. The maximum Gasteiger partial charge on any atom is 0.315 e. The lowest BCUT2D eigenvalue weighted by Crippen LogP contribution is -2.37. The number of hydrogen-bond donors (Lipinski definition) is 2. The first-order chi connectivity index (χ1) is 10.6. The van der Waals surface area contributed by atoms with Crippen LogP contribution in [0.25, 0.3) is 0 Å². The predicted octanol–water partition coefficient (Wildman–Crippen LogP) is 2.28. The molecule has 2 aromatic rings. The molecule has 0 saturated heterocycles. The van der Waals surface area contributed by atoms with E-state index in [0.29, 0.717) is 12.4 Å². The van der Waals surface area contributed by atoms with Crippen LogP contribution in [0.1, 0.15) is 29.4 Å². The number of halogens is 1. The zero-order valence-corrected chi connectivity index (χ0v) is 12.2. The molecule has 22 heavy (non-hydrogen) atoms. The second kappa shape index (κ2) is 6.09. The zero-order chi connectivity index (χ0) is 15.5. The molecule has 0 unspecified atom stereocenters. The Morgan fingerprint density at radius 1 is 1.41 bits per heavy atom. The maximum atomic E-state index is 13.2. The topological polar surface area (TPSA) is 66.9 Å². The number of rotatable bonds is 4. The van der Waals surface area contributed by atoms with Crippen LogP contribution in [0.15, 0.2) is 36.5 Å². The third-order valence-corrected chi connectivity index (χ3v) is 3.65. The fourth-order valence-corrected chi connectivity index (χ4v) is 2.45. The summed E-state index contributed by atoms with van der Waals surface area (Å²) in [4.78, 5) is 20.1. The van der Waals surface area contributed by atoms with E-state index in [1.54, 1.807) is 25.3 Å². The van der Waals surface area contributed by atoms with Crippen molar-refractivity contribution in [1.82, 2.24) is 20.6 Å². The molecule has 0 bridgehead atoms. The molecular weight excluding hydrogens is 283 g/mol. The number of urea groups is 1. The van der Waals surface area contributed by atoms with Gasteiger partial charge in [0.2, 0.25) is 0 Å². The van der Waals surface area contributed by atoms with Gasteiger partial charge in [-0.15, -0.1) is 0 Å². The molecule has 1 aliphatic carbocycles. The molecule has 6 heteroatoms. The molecule has 1 saturated carbocycles. The van der Waals surface area contributed by atoms with Gasteiger partial charge in [-0.2, -0.15) is 0 Å². The van der Waals surface area contributed by atoms with Crippen LogP contribution in [-0.4, -0.2) is 22.0 Å². The molecule has 1 fully saturated rings. The van der Waals surface area contributed by atoms with Crippen LogP contribution in [0.4, 0.5) is 9.18 Å². The van der Waals surface area contributed by atoms with Crippen molar-refractivity contribution >= 4 is 6.03 Å². The number of benzene rings is 1. The number of carbonyl (C=O) groups is 1. The van der Waals surface area contributed by atoms with Crippen LogP contribution in [0, 0.1) is 12.7 Å². The van der Waals surface area contributed by atoms with E-state index in [4.69, 9.17) is 0 Å². The number of carbonyl (C=O) groups excluding carboxylic acids is 1. The van der Waals surface area contributed by atoms with Gasteiger partial charge in [-0.3, -0.25) is 0 Å². The lowest BCUT2D eigenvalue weighted by molar-refractivity contribution is 0.240. The number of nitrogens with one attached hydrogen (secondary N) is 2. The smallest absolute Gasteiger partial charge is 0.315 e. The second-order valence-electron chi connectivity index (χ2n) is 5.43. The number of nitrogens with zero attached hydrogens (tertiary/aromatic N) is 2. The monoisotopic (exact) mass is 300 g/mol. The minimum atomic E-state index is -0.244. The summed E-state index contributed by atoms with van der Waals surface area (Å²) in [6.45, 7) is 2.16. The summed E-state index contributed by atoms with van der Waals surface area (Å²) in [5.41, 5.74) is 1.69. The van der Waals surface area contributed by atoms with Crippen LogP contribution < -0.4 is 10.6 Å². The first-order valence-corrected chi connectivity index (χ1v) is 7.20. The van der Waals surface area contributed by atoms with Gasteiger partial charge in [-0.1, -0.05) is 12.1 Å². The minimum absolute atomic E-state index is 0.0638. The van der Waals surface area contributed by atoms with E-state index in [-0.39, 0.29) is 23.8 Å². The molecule has 0 aliphatic heterocycles. The lowest BCUT2D eigenvalue weighted by atomic mass is 10.1. The molecule has 2 atom stereocenters. The Kier molecular flexibility index (Phi) is 4.00. The summed E-state index contributed by atoms with van der Waals surface area (Å²) >= 11 is 0. The minimum Gasteiger partial charge on any atom is -0.335 e. The van der Waals surface area contributed by atoms with E-state index >= 15 is 0 Å². The van der Waals surface area contributed by atoms with Crippen molar-refractivity contribution in [3.63, 3.8) is 0 Å². The summed E-state index contributed by atoms with van der Waals surface area (Å²) in [5.74, 6) is 0.627. The molecule has 2 amide bonds. The van der Waals surface area contributed by atoms with Crippen molar-refractivity contribution in [3.8, 4) is 0 Å². The fourth-order valence-electron chi connectivity index (χ4n) is 2.45. The number of amides is 2. The Morgan fingerprint density at radius 3 is 3.05 bits per heavy atom.